The maximum absolute atomic E-state index is 13.4. The first-order valence-electron chi connectivity index (χ1n) is 5.11. The Morgan fingerprint density at radius 3 is 2.72 bits per heavy atom. The van der Waals surface area contributed by atoms with Crippen LogP contribution in [0.4, 0.5) is 4.39 Å². The van der Waals surface area contributed by atoms with Crippen LogP contribution in [0.1, 0.15) is 11.3 Å². The van der Waals surface area contributed by atoms with Gasteiger partial charge in [0.1, 0.15) is 27.8 Å². The smallest absolute Gasteiger partial charge is 0.160 e. The van der Waals surface area contributed by atoms with E-state index in [2.05, 4.69) is 20.9 Å². The van der Waals surface area contributed by atoms with Crippen molar-refractivity contribution < 1.29 is 9.13 Å². The van der Waals surface area contributed by atoms with Crippen LogP contribution < -0.4 is 4.74 Å². The molecule has 0 atom stereocenters. The van der Waals surface area contributed by atoms with Gasteiger partial charge in [-0.05, 0) is 47.1 Å². The highest BCUT2D eigenvalue weighted by molar-refractivity contribution is 9.10. The Morgan fingerprint density at radius 1 is 1.28 bits per heavy atom. The molecule has 1 heterocycles. The Hall–Kier alpha value is -1.93. The minimum atomic E-state index is -0.605. The standard InChI is InChI=1S/C13H8BrFN2O/c1-8-5-6-12(13(14)17-8)18-11-4-2-3-10(15)9(11)7-16/h2-6H,1H3. The fraction of sp³-hybridized carbons (Fsp3) is 0.0769. The maximum atomic E-state index is 13.4. The van der Waals surface area contributed by atoms with Gasteiger partial charge >= 0.3 is 0 Å². The van der Waals surface area contributed by atoms with E-state index in [1.165, 1.54) is 18.2 Å². The number of nitrogens with zero attached hydrogens (tertiary/aromatic N) is 2. The quantitative estimate of drug-likeness (QED) is 0.789. The topological polar surface area (TPSA) is 45.9 Å². The number of pyridine rings is 1. The van der Waals surface area contributed by atoms with E-state index in [1.54, 1.807) is 18.2 Å². The molecule has 2 rings (SSSR count). The molecule has 0 N–H and O–H groups in total. The van der Waals surface area contributed by atoms with E-state index in [0.29, 0.717) is 10.4 Å². The van der Waals surface area contributed by atoms with Crippen molar-refractivity contribution in [1.82, 2.24) is 4.98 Å². The summed E-state index contributed by atoms with van der Waals surface area (Å²) in [7, 11) is 0. The monoisotopic (exact) mass is 306 g/mol. The second-order valence-electron chi connectivity index (χ2n) is 3.57. The first-order valence-corrected chi connectivity index (χ1v) is 5.90. The molecule has 0 saturated heterocycles. The summed E-state index contributed by atoms with van der Waals surface area (Å²) in [4.78, 5) is 4.16. The van der Waals surface area contributed by atoms with Gasteiger partial charge in [-0.1, -0.05) is 6.07 Å². The highest BCUT2D eigenvalue weighted by atomic mass is 79.9. The summed E-state index contributed by atoms with van der Waals surface area (Å²) < 4.78 is 19.4. The number of hydrogen-bond acceptors (Lipinski definition) is 3. The third-order valence-electron chi connectivity index (χ3n) is 2.26. The molecular weight excluding hydrogens is 299 g/mol. The Bertz CT molecular complexity index is 637. The molecule has 18 heavy (non-hydrogen) atoms. The second kappa shape index (κ2) is 5.15. The zero-order valence-corrected chi connectivity index (χ0v) is 11.0. The molecule has 1 aromatic heterocycles. The number of benzene rings is 1. The molecule has 5 heteroatoms. The van der Waals surface area contributed by atoms with E-state index in [4.69, 9.17) is 10.00 Å². The maximum Gasteiger partial charge on any atom is 0.160 e. The predicted molar refractivity (Wildman–Crippen MR) is 67.9 cm³/mol. The van der Waals surface area contributed by atoms with Crippen molar-refractivity contribution in [3.8, 4) is 17.6 Å². The summed E-state index contributed by atoms with van der Waals surface area (Å²) in [5, 5.41) is 8.89. The Labute approximate surface area is 112 Å². The van der Waals surface area contributed by atoms with E-state index in [1.807, 2.05) is 6.92 Å². The largest absolute Gasteiger partial charge is 0.453 e. The van der Waals surface area contributed by atoms with Gasteiger partial charge in [-0.3, -0.25) is 0 Å². The number of nitriles is 1. The molecule has 0 bridgehead atoms. The molecule has 90 valence electrons. The van der Waals surface area contributed by atoms with Gasteiger partial charge in [-0.25, -0.2) is 9.37 Å². The van der Waals surface area contributed by atoms with Crippen molar-refractivity contribution in [2.45, 2.75) is 6.92 Å². The molecule has 0 fully saturated rings. The zero-order chi connectivity index (χ0) is 13.1. The molecule has 0 amide bonds. The fourth-order valence-corrected chi connectivity index (χ4v) is 1.90. The molecule has 0 saturated carbocycles. The van der Waals surface area contributed by atoms with Crippen LogP contribution in [0.5, 0.6) is 11.5 Å². The lowest BCUT2D eigenvalue weighted by molar-refractivity contribution is 0.468. The van der Waals surface area contributed by atoms with Crippen LogP contribution in [0.3, 0.4) is 0 Å². The van der Waals surface area contributed by atoms with Crippen LogP contribution in [0.15, 0.2) is 34.9 Å². The molecule has 0 unspecified atom stereocenters. The van der Waals surface area contributed by atoms with Crippen molar-refractivity contribution >= 4 is 15.9 Å². The molecule has 0 aliphatic carbocycles. The van der Waals surface area contributed by atoms with E-state index in [0.717, 1.165) is 5.69 Å². The van der Waals surface area contributed by atoms with E-state index in [9.17, 15) is 4.39 Å². The molecule has 0 spiro atoms. The third-order valence-corrected chi connectivity index (χ3v) is 2.83. The minimum Gasteiger partial charge on any atom is -0.453 e. The van der Waals surface area contributed by atoms with Crippen LogP contribution in [-0.2, 0) is 0 Å². The summed E-state index contributed by atoms with van der Waals surface area (Å²) in [6.45, 7) is 1.84. The van der Waals surface area contributed by atoms with Crippen molar-refractivity contribution in [1.29, 1.82) is 5.26 Å². The summed E-state index contributed by atoms with van der Waals surface area (Å²) in [6, 6.07) is 9.49. The van der Waals surface area contributed by atoms with Crippen LogP contribution in [0.25, 0.3) is 0 Å². The SMILES string of the molecule is Cc1ccc(Oc2cccc(F)c2C#N)c(Br)n1. The average Bonchev–Trinajstić information content (AvgIpc) is 2.33. The Balaban J connectivity index is 2.41. The highest BCUT2D eigenvalue weighted by Gasteiger charge is 2.11. The summed E-state index contributed by atoms with van der Waals surface area (Å²) >= 11 is 3.26. The number of aromatic nitrogens is 1. The summed E-state index contributed by atoms with van der Waals surface area (Å²) in [6.07, 6.45) is 0. The van der Waals surface area contributed by atoms with Gasteiger partial charge in [0, 0.05) is 5.69 Å². The molecular formula is C13H8BrFN2O. The summed E-state index contributed by atoms with van der Waals surface area (Å²) in [5.74, 6) is -0.00209. The number of hydrogen-bond donors (Lipinski definition) is 0. The molecule has 3 nitrogen and oxygen atoms in total. The lowest BCUT2D eigenvalue weighted by Gasteiger charge is -2.09. The van der Waals surface area contributed by atoms with Crippen molar-refractivity contribution in [2.75, 3.05) is 0 Å². The first kappa shape index (κ1) is 12.5. The van der Waals surface area contributed by atoms with Gasteiger partial charge in [0.2, 0.25) is 0 Å². The van der Waals surface area contributed by atoms with E-state index in [-0.39, 0.29) is 11.3 Å². The van der Waals surface area contributed by atoms with Crippen LogP contribution in [-0.4, -0.2) is 4.98 Å². The van der Waals surface area contributed by atoms with Gasteiger partial charge < -0.3 is 4.74 Å². The van der Waals surface area contributed by atoms with Gasteiger partial charge in [0.15, 0.2) is 5.75 Å². The highest BCUT2D eigenvalue weighted by Crippen LogP contribution is 2.31. The van der Waals surface area contributed by atoms with E-state index >= 15 is 0 Å². The second-order valence-corrected chi connectivity index (χ2v) is 4.32. The lowest BCUT2D eigenvalue weighted by Crippen LogP contribution is -1.93. The Morgan fingerprint density at radius 2 is 2.06 bits per heavy atom. The average molecular weight is 307 g/mol. The first-order chi connectivity index (χ1) is 8.61. The molecule has 1 aromatic carbocycles. The minimum absolute atomic E-state index is 0.120. The van der Waals surface area contributed by atoms with Gasteiger partial charge in [-0.15, -0.1) is 0 Å². The van der Waals surface area contributed by atoms with Crippen LogP contribution in [0, 0.1) is 24.1 Å². The lowest BCUT2D eigenvalue weighted by atomic mass is 10.2. The Kier molecular flexibility index (Phi) is 3.58. The number of halogens is 2. The van der Waals surface area contributed by atoms with Gasteiger partial charge in [-0.2, -0.15) is 5.26 Å². The van der Waals surface area contributed by atoms with Gasteiger partial charge in [0.05, 0.1) is 0 Å². The zero-order valence-electron chi connectivity index (χ0n) is 9.45. The van der Waals surface area contributed by atoms with Crippen molar-refractivity contribution in [3.63, 3.8) is 0 Å². The molecule has 0 aliphatic rings. The fourth-order valence-electron chi connectivity index (χ4n) is 1.40. The van der Waals surface area contributed by atoms with Crippen molar-refractivity contribution in [3.05, 3.63) is 52.0 Å². The van der Waals surface area contributed by atoms with Gasteiger partial charge in [0.25, 0.3) is 0 Å². The van der Waals surface area contributed by atoms with Crippen LogP contribution in [0.2, 0.25) is 0 Å². The normalized spacial score (nSPS) is 9.89. The summed E-state index contributed by atoms with van der Waals surface area (Å²) in [5.41, 5.74) is 0.707. The third kappa shape index (κ3) is 2.49. The molecule has 0 aliphatic heterocycles. The number of ether oxygens (including phenoxy) is 1. The number of aryl methyl sites for hydroxylation is 1. The number of rotatable bonds is 2. The van der Waals surface area contributed by atoms with Crippen LogP contribution >= 0.6 is 15.9 Å². The molecule has 0 radical (unpaired) electrons. The van der Waals surface area contributed by atoms with Crippen molar-refractivity contribution in [2.24, 2.45) is 0 Å². The molecule has 2 aromatic rings. The predicted octanol–water partition coefficient (Wildman–Crippen LogP) is 3.96. The van der Waals surface area contributed by atoms with E-state index < -0.39 is 5.82 Å².